The van der Waals surface area contributed by atoms with E-state index in [0.29, 0.717) is 15.3 Å². The molecule has 0 unspecified atom stereocenters. The zero-order valence-electron chi connectivity index (χ0n) is 11.2. The molecule has 0 radical (unpaired) electrons. The first-order chi connectivity index (χ1) is 10.1. The molecule has 3 aromatic rings. The standard InChI is InChI=1S/C15H12FN3OS/c1-9-4-2-3-5-11(9)17-14(20)19-15-18-12-7-6-10(16)8-13(12)21-15/h2-8H,1H3,(H2,17,18,19,20). The lowest BCUT2D eigenvalue weighted by atomic mass is 10.2. The van der Waals surface area contributed by atoms with E-state index in [1.54, 1.807) is 6.07 Å². The van der Waals surface area contributed by atoms with Gasteiger partial charge in [-0.1, -0.05) is 29.5 Å². The van der Waals surface area contributed by atoms with Gasteiger partial charge in [-0.05, 0) is 36.8 Å². The second kappa shape index (κ2) is 5.49. The predicted molar refractivity (Wildman–Crippen MR) is 83.4 cm³/mol. The van der Waals surface area contributed by atoms with Crippen LogP contribution in [0, 0.1) is 12.7 Å². The summed E-state index contributed by atoms with van der Waals surface area (Å²) in [6.07, 6.45) is 0. The fraction of sp³-hybridized carbons (Fsp3) is 0.0667. The van der Waals surface area contributed by atoms with Crippen LogP contribution in [0.25, 0.3) is 10.2 Å². The molecule has 0 bridgehead atoms. The van der Waals surface area contributed by atoms with Crippen LogP contribution in [0.5, 0.6) is 0 Å². The summed E-state index contributed by atoms with van der Waals surface area (Å²) in [6, 6.07) is 11.5. The number of urea groups is 1. The van der Waals surface area contributed by atoms with Crippen LogP contribution in [0.3, 0.4) is 0 Å². The third-order valence-corrected chi connectivity index (χ3v) is 3.90. The van der Waals surface area contributed by atoms with Crippen molar-refractivity contribution in [3.8, 4) is 0 Å². The zero-order valence-corrected chi connectivity index (χ0v) is 12.0. The summed E-state index contributed by atoms with van der Waals surface area (Å²) in [6.45, 7) is 1.91. The number of carbonyl (C=O) groups is 1. The van der Waals surface area contributed by atoms with Crippen LogP contribution in [0.15, 0.2) is 42.5 Å². The van der Waals surface area contributed by atoms with Gasteiger partial charge in [-0.15, -0.1) is 0 Å². The molecule has 0 fully saturated rings. The highest BCUT2D eigenvalue weighted by Crippen LogP contribution is 2.26. The summed E-state index contributed by atoms with van der Waals surface area (Å²) in [7, 11) is 0. The summed E-state index contributed by atoms with van der Waals surface area (Å²) in [5.74, 6) is -0.318. The van der Waals surface area contributed by atoms with E-state index in [0.717, 1.165) is 11.3 Å². The Bertz CT molecular complexity index is 816. The van der Waals surface area contributed by atoms with E-state index in [1.165, 1.54) is 23.5 Å². The average molecular weight is 301 g/mol. The molecule has 4 nitrogen and oxygen atoms in total. The lowest BCUT2D eigenvalue weighted by Gasteiger charge is -2.07. The van der Waals surface area contributed by atoms with Crippen LogP contribution in [0.2, 0.25) is 0 Å². The van der Waals surface area contributed by atoms with Crippen molar-refractivity contribution in [3.63, 3.8) is 0 Å². The minimum absolute atomic E-state index is 0.318. The van der Waals surface area contributed by atoms with Crippen molar-refractivity contribution in [2.24, 2.45) is 0 Å². The summed E-state index contributed by atoms with van der Waals surface area (Å²) in [5, 5.41) is 5.85. The molecule has 0 saturated carbocycles. The van der Waals surface area contributed by atoms with Gasteiger partial charge in [0.05, 0.1) is 10.2 Å². The summed E-state index contributed by atoms with van der Waals surface area (Å²) >= 11 is 1.23. The first-order valence-electron chi connectivity index (χ1n) is 6.31. The second-order valence-corrected chi connectivity index (χ2v) is 5.56. The number of aromatic nitrogens is 1. The number of aryl methyl sites for hydroxylation is 1. The molecule has 0 atom stereocenters. The number of amides is 2. The molecule has 0 aliphatic heterocycles. The maximum Gasteiger partial charge on any atom is 0.325 e. The molecular formula is C15H12FN3OS. The highest BCUT2D eigenvalue weighted by Gasteiger charge is 2.09. The second-order valence-electron chi connectivity index (χ2n) is 4.53. The summed E-state index contributed by atoms with van der Waals surface area (Å²) < 4.78 is 13.8. The van der Waals surface area contributed by atoms with E-state index in [1.807, 2.05) is 31.2 Å². The van der Waals surface area contributed by atoms with Gasteiger partial charge in [0.1, 0.15) is 5.82 Å². The maximum absolute atomic E-state index is 13.1. The van der Waals surface area contributed by atoms with Crippen molar-refractivity contribution in [2.75, 3.05) is 10.6 Å². The Hall–Kier alpha value is -2.47. The van der Waals surface area contributed by atoms with Gasteiger partial charge in [-0.2, -0.15) is 0 Å². The Morgan fingerprint density at radius 3 is 2.81 bits per heavy atom. The van der Waals surface area contributed by atoms with Crippen molar-refractivity contribution >= 4 is 38.4 Å². The number of hydrogen-bond acceptors (Lipinski definition) is 3. The fourth-order valence-electron chi connectivity index (χ4n) is 1.92. The Labute approximate surface area is 124 Å². The molecule has 21 heavy (non-hydrogen) atoms. The molecule has 1 heterocycles. The lowest BCUT2D eigenvalue weighted by molar-refractivity contribution is 0.262. The van der Waals surface area contributed by atoms with Crippen molar-refractivity contribution in [3.05, 3.63) is 53.8 Å². The monoisotopic (exact) mass is 301 g/mol. The van der Waals surface area contributed by atoms with E-state index < -0.39 is 0 Å². The van der Waals surface area contributed by atoms with Crippen LogP contribution >= 0.6 is 11.3 Å². The van der Waals surface area contributed by atoms with Crippen LogP contribution < -0.4 is 10.6 Å². The number of para-hydroxylation sites is 1. The molecule has 1 aromatic heterocycles. The third-order valence-electron chi connectivity index (χ3n) is 2.96. The van der Waals surface area contributed by atoms with E-state index in [-0.39, 0.29) is 11.8 Å². The van der Waals surface area contributed by atoms with Gasteiger partial charge in [0.25, 0.3) is 0 Å². The van der Waals surface area contributed by atoms with Crippen LogP contribution in [-0.2, 0) is 0 Å². The highest BCUT2D eigenvalue weighted by molar-refractivity contribution is 7.22. The Morgan fingerprint density at radius 1 is 1.19 bits per heavy atom. The van der Waals surface area contributed by atoms with E-state index in [2.05, 4.69) is 15.6 Å². The quantitative estimate of drug-likeness (QED) is 0.737. The fourth-order valence-corrected chi connectivity index (χ4v) is 2.80. The van der Waals surface area contributed by atoms with Gasteiger partial charge in [0.15, 0.2) is 5.13 Å². The number of nitrogens with one attached hydrogen (secondary N) is 2. The van der Waals surface area contributed by atoms with Crippen molar-refractivity contribution in [1.29, 1.82) is 0 Å². The third kappa shape index (κ3) is 3.00. The summed E-state index contributed by atoms with van der Waals surface area (Å²) in [4.78, 5) is 16.2. The number of hydrogen-bond donors (Lipinski definition) is 2. The molecule has 2 aromatic carbocycles. The largest absolute Gasteiger partial charge is 0.325 e. The molecule has 0 aliphatic carbocycles. The van der Waals surface area contributed by atoms with Gasteiger partial charge in [-0.3, -0.25) is 5.32 Å². The van der Waals surface area contributed by atoms with Crippen LogP contribution in [-0.4, -0.2) is 11.0 Å². The smallest absolute Gasteiger partial charge is 0.307 e. The molecule has 0 saturated heterocycles. The van der Waals surface area contributed by atoms with Crippen molar-refractivity contribution < 1.29 is 9.18 Å². The summed E-state index contributed by atoms with van der Waals surface area (Å²) in [5.41, 5.74) is 2.37. The number of thiazole rings is 1. The number of fused-ring (bicyclic) bond motifs is 1. The minimum atomic E-state index is -0.371. The molecule has 2 amide bonds. The zero-order chi connectivity index (χ0) is 14.8. The van der Waals surface area contributed by atoms with Gasteiger partial charge < -0.3 is 5.32 Å². The van der Waals surface area contributed by atoms with E-state index in [4.69, 9.17) is 0 Å². The lowest BCUT2D eigenvalue weighted by Crippen LogP contribution is -2.19. The first kappa shape index (κ1) is 13.5. The van der Waals surface area contributed by atoms with Crippen LogP contribution in [0.1, 0.15) is 5.56 Å². The Morgan fingerprint density at radius 2 is 2.00 bits per heavy atom. The van der Waals surface area contributed by atoms with Crippen LogP contribution in [0.4, 0.5) is 20.0 Å². The SMILES string of the molecule is Cc1ccccc1NC(=O)Nc1nc2ccc(F)cc2s1. The van der Waals surface area contributed by atoms with E-state index >= 15 is 0 Å². The number of nitrogens with zero attached hydrogens (tertiary/aromatic N) is 1. The number of carbonyl (C=O) groups excluding carboxylic acids is 1. The number of anilines is 2. The van der Waals surface area contributed by atoms with Crippen molar-refractivity contribution in [1.82, 2.24) is 4.98 Å². The molecule has 0 aliphatic rings. The minimum Gasteiger partial charge on any atom is -0.307 e. The first-order valence-corrected chi connectivity index (χ1v) is 7.13. The molecule has 3 rings (SSSR count). The number of halogens is 1. The topological polar surface area (TPSA) is 54.0 Å². The molecule has 6 heteroatoms. The molecule has 0 spiro atoms. The average Bonchev–Trinajstić information content (AvgIpc) is 2.82. The number of rotatable bonds is 2. The Balaban J connectivity index is 1.75. The Kier molecular flexibility index (Phi) is 3.53. The normalized spacial score (nSPS) is 10.6. The maximum atomic E-state index is 13.1. The predicted octanol–water partition coefficient (Wildman–Crippen LogP) is 4.39. The van der Waals surface area contributed by atoms with Crippen molar-refractivity contribution in [2.45, 2.75) is 6.92 Å². The molecular weight excluding hydrogens is 289 g/mol. The molecule has 106 valence electrons. The van der Waals surface area contributed by atoms with Gasteiger partial charge in [-0.25, -0.2) is 14.2 Å². The number of benzene rings is 2. The highest BCUT2D eigenvalue weighted by atomic mass is 32.1. The van der Waals surface area contributed by atoms with E-state index in [9.17, 15) is 9.18 Å². The molecule has 2 N–H and O–H groups in total. The van der Waals surface area contributed by atoms with Gasteiger partial charge in [0, 0.05) is 5.69 Å². The van der Waals surface area contributed by atoms with Gasteiger partial charge >= 0.3 is 6.03 Å². The van der Waals surface area contributed by atoms with Gasteiger partial charge in [0.2, 0.25) is 0 Å².